The van der Waals surface area contributed by atoms with E-state index in [1.54, 1.807) is 24.3 Å². The number of nitrogens with zero attached hydrogens (tertiary/aromatic N) is 1. The van der Waals surface area contributed by atoms with Crippen molar-refractivity contribution in [3.8, 4) is 5.75 Å². The average molecular weight is 290 g/mol. The van der Waals surface area contributed by atoms with Crippen molar-refractivity contribution >= 4 is 5.69 Å². The third kappa shape index (κ3) is 2.75. The van der Waals surface area contributed by atoms with E-state index in [4.69, 9.17) is 9.84 Å². The van der Waals surface area contributed by atoms with Gasteiger partial charge >= 0.3 is 0 Å². The molecule has 110 valence electrons. The van der Waals surface area contributed by atoms with Crippen molar-refractivity contribution in [1.29, 1.82) is 0 Å². The van der Waals surface area contributed by atoms with Crippen LogP contribution in [0.25, 0.3) is 0 Å². The lowest BCUT2D eigenvalue weighted by molar-refractivity contribution is 0.166. The highest BCUT2D eigenvalue weighted by Crippen LogP contribution is 2.28. The van der Waals surface area contributed by atoms with Crippen LogP contribution in [-0.2, 0) is 6.61 Å². The summed E-state index contributed by atoms with van der Waals surface area (Å²) in [5.74, 6) is 0.200. The molecule has 21 heavy (non-hydrogen) atoms. The lowest BCUT2D eigenvalue weighted by Gasteiger charge is -2.40. The zero-order valence-electron chi connectivity index (χ0n) is 11.3. The second kappa shape index (κ2) is 5.57. The molecule has 0 radical (unpaired) electrons. The molecule has 1 aromatic heterocycles. The summed E-state index contributed by atoms with van der Waals surface area (Å²) in [6.07, 6.45) is 1.46. The van der Waals surface area contributed by atoms with Crippen LogP contribution >= 0.6 is 0 Å². The van der Waals surface area contributed by atoms with Gasteiger partial charge in [-0.3, -0.25) is 4.79 Å². The molecule has 1 aliphatic rings. The Kier molecular flexibility index (Phi) is 3.62. The van der Waals surface area contributed by atoms with Crippen molar-refractivity contribution in [2.24, 2.45) is 0 Å². The Labute approximate surface area is 120 Å². The quantitative estimate of drug-likeness (QED) is 0.890. The molecule has 2 aromatic rings. The van der Waals surface area contributed by atoms with Crippen molar-refractivity contribution in [2.75, 3.05) is 18.0 Å². The molecule has 1 aliphatic heterocycles. The number of halogens is 1. The summed E-state index contributed by atoms with van der Waals surface area (Å²) in [6, 6.07) is 7.97. The van der Waals surface area contributed by atoms with Gasteiger partial charge in [0.1, 0.15) is 11.9 Å². The largest absolute Gasteiger partial charge is 0.485 e. The van der Waals surface area contributed by atoms with Crippen LogP contribution in [0.1, 0.15) is 5.56 Å². The van der Waals surface area contributed by atoms with Gasteiger partial charge in [-0.2, -0.15) is 0 Å². The number of pyridine rings is 1. The highest BCUT2D eigenvalue weighted by molar-refractivity contribution is 5.52. The Morgan fingerprint density at radius 2 is 2.14 bits per heavy atom. The van der Waals surface area contributed by atoms with E-state index < -0.39 is 0 Å². The highest BCUT2D eigenvalue weighted by Gasteiger charge is 2.30. The monoisotopic (exact) mass is 290 g/mol. The van der Waals surface area contributed by atoms with Crippen molar-refractivity contribution in [3.63, 3.8) is 0 Å². The molecule has 0 saturated carbocycles. The van der Waals surface area contributed by atoms with Crippen LogP contribution in [0.15, 0.2) is 41.3 Å². The molecule has 0 aliphatic carbocycles. The first-order valence-electron chi connectivity index (χ1n) is 6.66. The minimum atomic E-state index is -0.387. The van der Waals surface area contributed by atoms with Gasteiger partial charge in [-0.15, -0.1) is 0 Å². The maximum Gasteiger partial charge on any atom is 0.248 e. The molecule has 1 saturated heterocycles. The van der Waals surface area contributed by atoms with Gasteiger partial charge in [-0.05, 0) is 12.1 Å². The number of hydrogen-bond acceptors (Lipinski definition) is 4. The number of aliphatic hydroxyl groups excluding tert-OH is 1. The van der Waals surface area contributed by atoms with E-state index in [0.717, 1.165) is 0 Å². The van der Waals surface area contributed by atoms with Crippen LogP contribution in [0.2, 0.25) is 0 Å². The van der Waals surface area contributed by atoms with Gasteiger partial charge in [0.2, 0.25) is 5.56 Å². The Bertz CT molecular complexity index is 675. The normalized spacial score (nSPS) is 14.9. The molecule has 0 unspecified atom stereocenters. The first-order chi connectivity index (χ1) is 10.2. The van der Waals surface area contributed by atoms with Crippen molar-refractivity contribution < 1.29 is 14.2 Å². The second-order valence-corrected chi connectivity index (χ2v) is 4.94. The number of aliphatic hydroxyl groups is 1. The summed E-state index contributed by atoms with van der Waals surface area (Å²) in [4.78, 5) is 15.3. The van der Waals surface area contributed by atoms with Gasteiger partial charge in [0.25, 0.3) is 0 Å². The zero-order valence-corrected chi connectivity index (χ0v) is 11.3. The molecule has 1 fully saturated rings. The first kappa shape index (κ1) is 13.6. The smallest absolute Gasteiger partial charge is 0.248 e. The van der Waals surface area contributed by atoms with Crippen LogP contribution < -0.4 is 15.2 Å². The van der Waals surface area contributed by atoms with Gasteiger partial charge in [0, 0.05) is 17.8 Å². The number of nitrogens with one attached hydrogen (secondary N) is 1. The lowest BCUT2D eigenvalue weighted by atomic mass is 10.1. The fourth-order valence-electron chi connectivity index (χ4n) is 2.30. The molecule has 0 amide bonds. The van der Waals surface area contributed by atoms with Crippen LogP contribution in [0.5, 0.6) is 5.75 Å². The Morgan fingerprint density at radius 1 is 1.33 bits per heavy atom. The van der Waals surface area contributed by atoms with E-state index in [2.05, 4.69) is 4.98 Å². The molecular weight excluding hydrogens is 275 g/mol. The van der Waals surface area contributed by atoms with E-state index in [1.165, 1.54) is 12.3 Å². The van der Waals surface area contributed by atoms with Crippen molar-refractivity contribution in [1.82, 2.24) is 4.98 Å². The van der Waals surface area contributed by atoms with E-state index in [1.807, 2.05) is 4.90 Å². The molecule has 1 aromatic carbocycles. The predicted octanol–water partition coefficient (Wildman–Crippen LogP) is 1.27. The molecule has 6 heteroatoms. The van der Waals surface area contributed by atoms with E-state index in [9.17, 15) is 9.18 Å². The maximum absolute atomic E-state index is 14.1. The van der Waals surface area contributed by atoms with Crippen LogP contribution in [-0.4, -0.2) is 29.3 Å². The van der Waals surface area contributed by atoms with E-state index in [0.29, 0.717) is 24.5 Å². The van der Waals surface area contributed by atoms with Gasteiger partial charge in [-0.25, -0.2) is 4.39 Å². The lowest BCUT2D eigenvalue weighted by Crippen LogP contribution is -2.54. The number of H-pyrrole nitrogens is 1. The molecule has 0 atom stereocenters. The first-order valence-corrected chi connectivity index (χ1v) is 6.66. The van der Waals surface area contributed by atoms with Gasteiger partial charge in [-0.1, -0.05) is 12.1 Å². The minimum Gasteiger partial charge on any atom is -0.485 e. The molecule has 0 spiro atoms. The summed E-state index contributed by atoms with van der Waals surface area (Å²) in [7, 11) is 0. The molecule has 3 rings (SSSR count). The molecule has 0 bridgehead atoms. The van der Waals surface area contributed by atoms with E-state index >= 15 is 0 Å². The zero-order chi connectivity index (χ0) is 14.8. The minimum absolute atomic E-state index is 0.0481. The number of benzene rings is 1. The molecular formula is C15H15FN2O3. The van der Waals surface area contributed by atoms with Gasteiger partial charge in [0.05, 0.1) is 25.4 Å². The van der Waals surface area contributed by atoms with Gasteiger partial charge in [0.15, 0.2) is 5.82 Å². The van der Waals surface area contributed by atoms with Crippen molar-refractivity contribution in [2.45, 2.75) is 12.7 Å². The number of aromatic nitrogens is 1. The third-order valence-electron chi connectivity index (χ3n) is 3.48. The second-order valence-electron chi connectivity index (χ2n) is 4.94. The Hall–Kier alpha value is -2.34. The predicted molar refractivity (Wildman–Crippen MR) is 76.0 cm³/mol. The van der Waals surface area contributed by atoms with Crippen molar-refractivity contribution in [3.05, 3.63) is 58.3 Å². The van der Waals surface area contributed by atoms with E-state index in [-0.39, 0.29) is 29.7 Å². The van der Waals surface area contributed by atoms with Crippen LogP contribution in [0.3, 0.4) is 0 Å². The fourth-order valence-corrected chi connectivity index (χ4v) is 2.30. The standard InChI is InChI=1S/C15H15FN2O3/c16-15-10(9-19)2-1-3-13(15)18-7-12(8-18)21-11-4-5-14(20)17-6-11/h1-6,12,19H,7-9H2,(H,17,20). The Morgan fingerprint density at radius 3 is 2.81 bits per heavy atom. The summed E-state index contributed by atoms with van der Waals surface area (Å²) in [5.41, 5.74) is 0.584. The fraction of sp³-hybridized carbons (Fsp3) is 0.267. The molecule has 2 N–H and O–H groups in total. The summed E-state index contributed by atoms with van der Waals surface area (Å²) >= 11 is 0. The number of ether oxygens (including phenoxy) is 1. The Balaban J connectivity index is 1.63. The molecule has 2 heterocycles. The van der Waals surface area contributed by atoms with Crippen LogP contribution in [0, 0.1) is 5.82 Å². The average Bonchev–Trinajstić information content (AvgIpc) is 2.45. The van der Waals surface area contributed by atoms with Gasteiger partial charge < -0.3 is 19.7 Å². The van der Waals surface area contributed by atoms with Crippen LogP contribution in [0.4, 0.5) is 10.1 Å². The maximum atomic E-state index is 14.1. The highest BCUT2D eigenvalue weighted by atomic mass is 19.1. The summed E-state index contributed by atoms with van der Waals surface area (Å²) in [6.45, 7) is 0.806. The third-order valence-corrected chi connectivity index (χ3v) is 3.48. The number of rotatable bonds is 4. The number of hydrogen-bond donors (Lipinski definition) is 2. The molecule has 5 nitrogen and oxygen atoms in total. The number of aromatic amines is 1. The summed E-state index contributed by atoms with van der Waals surface area (Å²) in [5, 5.41) is 9.07. The SMILES string of the molecule is O=c1ccc(OC2CN(c3cccc(CO)c3F)C2)c[nH]1. The number of anilines is 1. The topological polar surface area (TPSA) is 65.6 Å². The summed E-state index contributed by atoms with van der Waals surface area (Å²) < 4.78 is 19.7.